The van der Waals surface area contributed by atoms with Crippen LogP contribution in [-0.2, 0) is 20.2 Å². The summed E-state index contributed by atoms with van der Waals surface area (Å²) in [6.07, 6.45) is -1.64. The summed E-state index contributed by atoms with van der Waals surface area (Å²) in [5.41, 5.74) is -1.67. The van der Waals surface area contributed by atoms with E-state index in [1.165, 1.54) is 23.1 Å². The molecule has 0 unspecified atom stereocenters. The van der Waals surface area contributed by atoms with Crippen molar-refractivity contribution in [2.24, 2.45) is 0 Å². The Labute approximate surface area is 167 Å². The van der Waals surface area contributed by atoms with Crippen molar-refractivity contribution in [1.82, 2.24) is 9.78 Å². The van der Waals surface area contributed by atoms with Crippen molar-refractivity contribution >= 4 is 18.6 Å². The lowest BCUT2D eigenvalue weighted by atomic mass is 9.82. The summed E-state index contributed by atoms with van der Waals surface area (Å²) in [5, 5.41) is 4.13. The highest BCUT2D eigenvalue weighted by molar-refractivity contribution is 6.62. The minimum atomic E-state index is -4.63. The average Bonchev–Trinajstić information content (AvgIpc) is 3.17. The maximum Gasteiger partial charge on any atom is 0.498 e. The Hall–Kier alpha value is -2.33. The van der Waals surface area contributed by atoms with Crippen LogP contribution in [-0.4, -0.2) is 40.7 Å². The molecule has 0 saturated carbocycles. The van der Waals surface area contributed by atoms with Crippen LogP contribution in [0, 0.1) is 0 Å². The number of rotatable bonds is 4. The first-order chi connectivity index (χ1) is 13.3. The quantitative estimate of drug-likeness (QED) is 0.572. The van der Waals surface area contributed by atoms with Gasteiger partial charge in [-0.1, -0.05) is 0 Å². The topological polar surface area (TPSA) is 62.6 Å². The zero-order valence-corrected chi connectivity index (χ0v) is 16.8. The Morgan fingerprint density at radius 2 is 1.79 bits per heavy atom. The first-order valence-electron chi connectivity index (χ1n) is 9.14. The van der Waals surface area contributed by atoms with Gasteiger partial charge in [-0.2, -0.15) is 18.3 Å². The molecule has 6 nitrogen and oxygen atoms in total. The van der Waals surface area contributed by atoms with Crippen LogP contribution in [0.5, 0.6) is 0 Å². The van der Waals surface area contributed by atoms with Gasteiger partial charge in [0.25, 0.3) is 0 Å². The molecule has 0 aliphatic carbocycles. The first kappa shape index (κ1) is 21.4. The Bertz CT molecular complexity index is 908. The number of alkyl halides is 3. The molecule has 1 aliphatic heterocycles. The minimum absolute atomic E-state index is 0.0538. The van der Waals surface area contributed by atoms with Crippen LogP contribution in [0.3, 0.4) is 0 Å². The van der Waals surface area contributed by atoms with Crippen LogP contribution in [0.4, 0.5) is 13.2 Å². The number of carbonyl (C=O) groups is 1. The largest absolute Gasteiger partial charge is 0.498 e. The number of nitrogens with zero attached hydrogens (tertiary/aromatic N) is 2. The van der Waals surface area contributed by atoms with Gasteiger partial charge in [0, 0.05) is 17.9 Å². The molecule has 2 heterocycles. The third-order valence-electron chi connectivity index (χ3n) is 5.15. The van der Waals surface area contributed by atoms with Crippen molar-refractivity contribution in [2.75, 3.05) is 6.61 Å². The Morgan fingerprint density at radius 1 is 1.17 bits per heavy atom. The first-order valence-corrected chi connectivity index (χ1v) is 9.14. The summed E-state index contributed by atoms with van der Waals surface area (Å²) in [6, 6.07) is 2.98. The summed E-state index contributed by atoms with van der Waals surface area (Å²) >= 11 is 0. The van der Waals surface area contributed by atoms with Gasteiger partial charge in [0.1, 0.15) is 0 Å². The van der Waals surface area contributed by atoms with E-state index in [4.69, 9.17) is 14.0 Å². The molecule has 1 fully saturated rings. The van der Waals surface area contributed by atoms with Gasteiger partial charge >= 0.3 is 19.3 Å². The number of aromatic nitrogens is 2. The lowest BCUT2D eigenvalue weighted by molar-refractivity contribution is -0.137. The van der Waals surface area contributed by atoms with E-state index >= 15 is 0 Å². The van der Waals surface area contributed by atoms with Gasteiger partial charge < -0.3 is 14.0 Å². The Kier molecular flexibility index (Phi) is 5.29. The molecule has 1 aromatic carbocycles. The van der Waals surface area contributed by atoms with Gasteiger partial charge in [-0.15, -0.1) is 0 Å². The van der Waals surface area contributed by atoms with Gasteiger partial charge in [0.05, 0.1) is 34.6 Å². The second-order valence-electron chi connectivity index (χ2n) is 7.79. The smallest absolute Gasteiger partial charge is 0.462 e. The van der Waals surface area contributed by atoms with Gasteiger partial charge in [-0.05, 0) is 52.8 Å². The van der Waals surface area contributed by atoms with E-state index in [9.17, 15) is 18.0 Å². The van der Waals surface area contributed by atoms with Crippen molar-refractivity contribution in [1.29, 1.82) is 0 Å². The van der Waals surface area contributed by atoms with E-state index in [1.807, 2.05) is 27.7 Å². The van der Waals surface area contributed by atoms with Gasteiger partial charge in [0.2, 0.25) is 0 Å². The molecule has 1 saturated heterocycles. The molecule has 3 rings (SSSR count). The normalized spacial score (nSPS) is 18.1. The lowest BCUT2D eigenvalue weighted by Crippen LogP contribution is -2.41. The molecule has 0 N–H and O–H groups in total. The van der Waals surface area contributed by atoms with Crippen molar-refractivity contribution in [2.45, 2.75) is 52.0 Å². The summed E-state index contributed by atoms with van der Waals surface area (Å²) in [5.74, 6) is -0.835. The summed E-state index contributed by atoms with van der Waals surface area (Å²) in [7, 11) is -0.705. The van der Waals surface area contributed by atoms with E-state index in [-0.39, 0.29) is 17.9 Å². The minimum Gasteiger partial charge on any atom is -0.462 e. The molecule has 0 radical (unpaired) electrons. The molecular formula is C19H22BF3N2O4. The Morgan fingerprint density at radius 3 is 2.34 bits per heavy atom. The third kappa shape index (κ3) is 4.18. The molecular weight excluding hydrogens is 388 g/mol. The van der Waals surface area contributed by atoms with Crippen LogP contribution in [0.2, 0.25) is 0 Å². The van der Waals surface area contributed by atoms with E-state index in [1.54, 1.807) is 6.92 Å². The highest BCUT2D eigenvalue weighted by atomic mass is 19.4. The number of carbonyl (C=O) groups excluding carboxylic acids is 1. The molecule has 29 heavy (non-hydrogen) atoms. The van der Waals surface area contributed by atoms with Crippen molar-refractivity contribution in [3.63, 3.8) is 0 Å². The molecule has 0 amide bonds. The van der Waals surface area contributed by atoms with Crippen LogP contribution in [0.15, 0.2) is 30.6 Å². The summed E-state index contributed by atoms with van der Waals surface area (Å²) < 4.78 is 57.9. The van der Waals surface area contributed by atoms with Crippen molar-refractivity contribution < 1.29 is 32.0 Å². The van der Waals surface area contributed by atoms with Gasteiger partial charge in [-0.25, -0.2) is 9.48 Å². The molecule has 1 aliphatic rings. The van der Waals surface area contributed by atoms with Crippen LogP contribution < -0.4 is 5.46 Å². The fourth-order valence-corrected chi connectivity index (χ4v) is 2.82. The highest BCUT2D eigenvalue weighted by Crippen LogP contribution is 2.36. The number of halogens is 3. The second-order valence-corrected chi connectivity index (χ2v) is 7.79. The SMILES string of the molecule is CCOC(=O)c1cc(-n2cc(B3OC(C)(C)C(C)(C)O3)cn2)cc(C(F)(F)F)c1. The van der Waals surface area contributed by atoms with E-state index in [0.717, 1.165) is 12.1 Å². The lowest BCUT2D eigenvalue weighted by Gasteiger charge is -2.32. The number of esters is 1. The predicted octanol–water partition coefficient (Wildman–Crippen LogP) is 3.37. The molecule has 0 atom stereocenters. The zero-order chi connectivity index (χ0) is 21.6. The Balaban J connectivity index is 1.97. The zero-order valence-electron chi connectivity index (χ0n) is 16.8. The number of hydrogen-bond donors (Lipinski definition) is 0. The molecule has 10 heteroatoms. The fraction of sp³-hybridized carbons (Fsp3) is 0.474. The number of benzene rings is 1. The van der Waals surface area contributed by atoms with Gasteiger partial charge in [0.15, 0.2) is 0 Å². The standard InChI is InChI=1S/C19H22BF3N2O4/c1-6-27-16(26)12-7-13(19(21,22)23)9-15(8-12)25-11-14(10-24-25)20-28-17(2,3)18(4,5)29-20/h7-11H,6H2,1-5H3. The second kappa shape index (κ2) is 7.18. The van der Waals surface area contributed by atoms with Crippen molar-refractivity contribution in [3.05, 3.63) is 41.7 Å². The van der Waals surface area contributed by atoms with E-state index in [0.29, 0.717) is 5.46 Å². The van der Waals surface area contributed by atoms with Crippen LogP contribution >= 0.6 is 0 Å². The molecule has 0 bridgehead atoms. The molecule has 2 aromatic rings. The maximum atomic E-state index is 13.3. The molecule has 156 valence electrons. The van der Waals surface area contributed by atoms with Crippen LogP contribution in [0.25, 0.3) is 5.69 Å². The van der Waals surface area contributed by atoms with Crippen molar-refractivity contribution in [3.8, 4) is 5.69 Å². The average molecular weight is 410 g/mol. The highest BCUT2D eigenvalue weighted by Gasteiger charge is 2.52. The third-order valence-corrected chi connectivity index (χ3v) is 5.15. The predicted molar refractivity (Wildman–Crippen MR) is 100 cm³/mol. The number of hydrogen-bond acceptors (Lipinski definition) is 5. The van der Waals surface area contributed by atoms with Crippen LogP contribution in [0.1, 0.15) is 50.5 Å². The fourth-order valence-electron chi connectivity index (χ4n) is 2.82. The molecule has 1 aromatic heterocycles. The van der Waals surface area contributed by atoms with E-state index in [2.05, 4.69) is 5.10 Å². The summed E-state index contributed by atoms with van der Waals surface area (Å²) in [6.45, 7) is 9.23. The monoisotopic (exact) mass is 410 g/mol. The molecule has 0 spiro atoms. The van der Waals surface area contributed by atoms with E-state index < -0.39 is 36.0 Å². The summed E-state index contributed by atoms with van der Waals surface area (Å²) in [4.78, 5) is 12.0. The van der Waals surface area contributed by atoms with Gasteiger partial charge in [-0.3, -0.25) is 0 Å². The number of ether oxygens (including phenoxy) is 1. The maximum absolute atomic E-state index is 13.3.